The van der Waals surface area contributed by atoms with Gasteiger partial charge in [-0.15, -0.1) is 11.3 Å². The number of thiazole rings is 1. The van der Waals surface area contributed by atoms with Crippen molar-refractivity contribution in [3.05, 3.63) is 64.7 Å². The predicted molar refractivity (Wildman–Crippen MR) is 98.0 cm³/mol. The molecule has 0 bridgehead atoms. The third-order valence-corrected chi connectivity index (χ3v) is 5.77. The first-order valence-corrected chi connectivity index (χ1v) is 9.40. The molecule has 0 fully saturated rings. The second-order valence-corrected chi connectivity index (χ2v) is 7.24. The molecule has 1 aliphatic carbocycles. The van der Waals surface area contributed by atoms with Gasteiger partial charge in [-0.3, -0.25) is 0 Å². The van der Waals surface area contributed by atoms with Gasteiger partial charge in [0.2, 0.25) is 6.79 Å². The van der Waals surface area contributed by atoms with Crippen LogP contribution >= 0.6 is 11.3 Å². The highest BCUT2D eigenvalue weighted by Gasteiger charge is 2.21. The molecule has 126 valence electrons. The lowest BCUT2D eigenvalue weighted by Gasteiger charge is -2.12. The lowest BCUT2D eigenvalue weighted by Crippen LogP contribution is -2.18. The molecule has 5 rings (SSSR count). The molecule has 0 saturated heterocycles. The van der Waals surface area contributed by atoms with Gasteiger partial charge in [0.25, 0.3) is 0 Å². The Labute approximate surface area is 150 Å². The number of ether oxygens (including phenoxy) is 2. The quantitative estimate of drug-likeness (QED) is 0.761. The monoisotopic (exact) mass is 350 g/mol. The fourth-order valence-corrected chi connectivity index (χ4v) is 4.36. The first-order valence-electron chi connectivity index (χ1n) is 8.52. The molecule has 25 heavy (non-hydrogen) atoms. The van der Waals surface area contributed by atoms with Gasteiger partial charge in [-0.1, -0.05) is 24.3 Å². The molecule has 2 heterocycles. The van der Waals surface area contributed by atoms with Crippen molar-refractivity contribution in [3.63, 3.8) is 0 Å². The minimum Gasteiger partial charge on any atom is -0.454 e. The van der Waals surface area contributed by atoms with Gasteiger partial charge in [-0.25, -0.2) is 4.98 Å². The number of aryl methyl sites for hydroxylation is 1. The van der Waals surface area contributed by atoms with Crippen LogP contribution < -0.4 is 14.8 Å². The van der Waals surface area contributed by atoms with Crippen molar-refractivity contribution in [2.75, 3.05) is 6.79 Å². The van der Waals surface area contributed by atoms with E-state index >= 15 is 0 Å². The molecule has 0 amide bonds. The molecule has 0 spiro atoms. The zero-order valence-electron chi connectivity index (χ0n) is 13.7. The zero-order chi connectivity index (χ0) is 16.6. The maximum absolute atomic E-state index is 5.46. The summed E-state index contributed by atoms with van der Waals surface area (Å²) in [7, 11) is 0. The van der Waals surface area contributed by atoms with Crippen LogP contribution in [0.3, 0.4) is 0 Å². The van der Waals surface area contributed by atoms with Crippen LogP contribution in [-0.2, 0) is 13.0 Å². The minimum atomic E-state index is 0.300. The van der Waals surface area contributed by atoms with E-state index in [-0.39, 0.29) is 0 Å². The number of hydrogen-bond acceptors (Lipinski definition) is 5. The van der Waals surface area contributed by atoms with Gasteiger partial charge in [-0.2, -0.15) is 0 Å². The Morgan fingerprint density at radius 3 is 3.04 bits per heavy atom. The molecule has 1 atom stereocenters. The summed E-state index contributed by atoms with van der Waals surface area (Å²) in [6, 6.07) is 15.1. The molecule has 1 aromatic heterocycles. The highest BCUT2D eigenvalue weighted by atomic mass is 32.1. The second kappa shape index (κ2) is 6.17. The van der Waals surface area contributed by atoms with E-state index in [1.165, 1.54) is 17.5 Å². The van der Waals surface area contributed by atoms with E-state index < -0.39 is 0 Å². The highest BCUT2D eigenvalue weighted by molar-refractivity contribution is 7.13. The zero-order valence-corrected chi connectivity index (χ0v) is 14.5. The van der Waals surface area contributed by atoms with Crippen LogP contribution in [0.5, 0.6) is 11.5 Å². The normalized spacial score (nSPS) is 17.7. The van der Waals surface area contributed by atoms with E-state index in [2.05, 4.69) is 35.0 Å². The maximum Gasteiger partial charge on any atom is 0.231 e. The van der Waals surface area contributed by atoms with Gasteiger partial charge < -0.3 is 14.8 Å². The summed E-state index contributed by atoms with van der Waals surface area (Å²) in [5.74, 6) is 1.61. The van der Waals surface area contributed by atoms with Crippen molar-refractivity contribution in [3.8, 4) is 22.1 Å². The van der Waals surface area contributed by atoms with Crippen molar-refractivity contribution < 1.29 is 9.47 Å². The number of nitrogens with zero attached hydrogens (tertiary/aromatic N) is 1. The molecule has 4 nitrogen and oxygen atoms in total. The fourth-order valence-electron chi connectivity index (χ4n) is 3.55. The highest BCUT2D eigenvalue weighted by Crippen LogP contribution is 2.37. The largest absolute Gasteiger partial charge is 0.454 e. The number of hydrogen-bond donors (Lipinski definition) is 1. The Morgan fingerprint density at radius 2 is 2.04 bits per heavy atom. The Balaban J connectivity index is 1.29. The number of fused-ring (bicyclic) bond motifs is 2. The summed E-state index contributed by atoms with van der Waals surface area (Å²) in [5, 5.41) is 6.81. The van der Waals surface area contributed by atoms with Gasteiger partial charge in [-0.05, 0) is 42.2 Å². The van der Waals surface area contributed by atoms with Gasteiger partial charge in [0.1, 0.15) is 5.01 Å². The summed E-state index contributed by atoms with van der Waals surface area (Å²) in [6.45, 7) is 1.09. The van der Waals surface area contributed by atoms with E-state index in [4.69, 9.17) is 14.5 Å². The first kappa shape index (κ1) is 14.9. The van der Waals surface area contributed by atoms with Crippen LogP contribution in [-0.4, -0.2) is 11.8 Å². The van der Waals surface area contributed by atoms with Crippen molar-refractivity contribution in [1.82, 2.24) is 10.3 Å². The third-order valence-electron chi connectivity index (χ3n) is 4.83. The molecule has 5 heteroatoms. The molecule has 1 unspecified atom stereocenters. The van der Waals surface area contributed by atoms with Crippen LogP contribution in [0.15, 0.2) is 47.8 Å². The number of rotatable bonds is 4. The summed E-state index contributed by atoms with van der Waals surface area (Å²) >= 11 is 1.67. The molecule has 0 radical (unpaired) electrons. The molecular formula is C20H18N2O2S. The topological polar surface area (TPSA) is 43.4 Å². The van der Waals surface area contributed by atoms with Gasteiger partial charge in [0.05, 0.1) is 5.69 Å². The minimum absolute atomic E-state index is 0.300. The van der Waals surface area contributed by atoms with Crippen molar-refractivity contribution in [2.45, 2.75) is 25.4 Å². The lowest BCUT2D eigenvalue weighted by molar-refractivity contribution is 0.174. The Hall–Kier alpha value is -2.37. The van der Waals surface area contributed by atoms with E-state index in [1.807, 2.05) is 18.2 Å². The second-order valence-electron chi connectivity index (χ2n) is 6.38. The summed E-state index contributed by atoms with van der Waals surface area (Å²) in [5.41, 5.74) is 5.07. The molecule has 2 aliphatic rings. The van der Waals surface area contributed by atoms with E-state index in [9.17, 15) is 0 Å². The maximum atomic E-state index is 5.46. The summed E-state index contributed by atoms with van der Waals surface area (Å²) in [6.07, 6.45) is 2.33. The number of nitrogens with one attached hydrogen (secondary N) is 1. The molecule has 1 aliphatic heterocycles. The van der Waals surface area contributed by atoms with Crippen molar-refractivity contribution >= 4 is 11.3 Å². The Bertz CT molecular complexity index is 922. The van der Waals surface area contributed by atoms with Crippen LogP contribution in [0, 0.1) is 0 Å². The third kappa shape index (κ3) is 2.79. The van der Waals surface area contributed by atoms with E-state index in [0.29, 0.717) is 12.8 Å². The van der Waals surface area contributed by atoms with Crippen LogP contribution in [0.2, 0.25) is 0 Å². The average molecular weight is 350 g/mol. The van der Waals surface area contributed by atoms with E-state index in [0.717, 1.165) is 40.7 Å². The standard InChI is InChI=1S/C20H18N2O2S/c1-2-4-16-13(3-1)5-7-17(16)21-10-15-11-25-20(22-15)14-6-8-18-19(9-14)24-12-23-18/h1-4,6,8-9,11,17,21H,5,7,10,12H2. The smallest absolute Gasteiger partial charge is 0.231 e. The van der Waals surface area contributed by atoms with Crippen LogP contribution in [0.1, 0.15) is 29.3 Å². The number of benzene rings is 2. The Morgan fingerprint density at radius 1 is 1.12 bits per heavy atom. The summed E-state index contributed by atoms with van der Waals surface area (Å²) in [4.78, 5) is 4.78. The van der Waals surface area contributed by atoms with Crippen LogP contribution in [0.4, 0.5) is 0 Å². The molecule has 2 aromatic carbocycles. The molecule has 3 aromatic rings. The molecule has 0 saturated carbocycles. The Kier molecular flexibility index (Phi) is 3.68. The van der Waals surface area contributed by atoms with Gasteiger partial charge >= 0.3 is 0 Å². The van der Waals surface area contributed by atoms with Gasteiger partial charge in [0.15, 0.2) is 11.5 Å². The molecular weight excluding hydrogens is 332 g/mol. The fraction of sp³-hybridized carbons (Fsp3) is 0.250. The van der Waals surface area contributed by atoms with E-state index in [1.54, 1.807) is 11.3 Å². The van der Waals surface area contributed by atoms with Gasteiger partial charge in [0, 0.05) is 23.5 Å². The molecule has 1 N–H and O–H groups in total. The predicted octanol–water partition coefficient (Wildman–Crippen LogP) is 4.32. The SMILES string of the molecule is c1ccc2c(c1)CCC2NCc1csc(-c2ccc3c(c2)OCO3)n1. The number of aromatic nitrogens is 1. The van der Waals surface area contributed by atoms with Crippen molar-refractivity contribution in [2.24, 2.45) is 0 Å². The summed E-state index contributed by atoms with van der Waals surface area (Å²) < 4.78 is 10.8. The van der Waals surface area contributed by atoms with Crippen LogP contribution in [0.25, 0.3) is 10.6 Å². The van der Waals surface area contributed by atoms with Crippen molar-refractivity contribution in [1.29, 1.82) is 0 Å². The average Bonchev–Trinajstić information content (AvgIpc) is 3.38. The lowest BCUT2D eigenvalue weighted by atomic mass is 10.1. The first-order chi connectivity index (χ1) is 12.4.